The van der Waals surface area contributed by atoms with Gasteiger partial charge >= 0.3 is 6.18 Å². The van der Waals surface area contributed by atoms with Crippen molar-refractivity contribution in [1.82, 2.24) is 0 Å². The Morgan fingerprint density at radius 3 is 2.15 bits per heavy atom. The lowest BCUT2D eigenvalue weighted by Gasteiger charge is -2.17. The van der Waals surface area contributed by atoms with Gasteiger partial charge < -0.3 is 5.32 Å². The highest BCUT2D eigenvalue weighted by Crippen LogP contribution is 2.37. The van der Waals surface area contributed by atoms with Crippen molar-refractivity contribution in [3.63, 3.8) is 0 Å². The number of halogens is 3. The molecule has 0 radical (unpaired) electrons. The fraction of sp³-hybridized carbons (Fsp3) is 0.0370. The summed E-state index contributed by atoms with van der Waals surface area (Å²) in [5, 5.41) is 4.87. The van der Waals surface area contributed by atoms with Crippen molar-refractivity contribution in [2.45, 2.75) is 6.18 Å². The Morgan fingerprint density at radius 1 is 0.706 bits per heavy atom. The molecular formula is C27H17F3N2O2. The summed E-state index contributed by atoms with van der Waals surface area (Å²) < 4.78 is 39.9. The average molecular weight is 458 g/mol. The Labute approximate surface area is 192 Å². The number of carbonyl (C=O) groups excluding carboxylic acids is 2. The molecule has 0 aromatic heterocycles. The van der Waals surface area contributed by atoms with E-state index >= 15 is 0 Å². The molecule has 1 aliphatic rings. The minimum Gasteiger partial charge on any atom is -0.350 e. The number of anilines is 2. The summed E-state index contributed by atoms with van der Waals surface area (Å²) in [6.07, 6.45) is -4.61. The molecule has 5 rings (SSSR count). The summed E-state index contributed by atoms with van der Waals surface area (Å²) in [5.41, 5.74) is 0.0999. The van der Waals surface area contributed by atoms with Gasteiger partial charge in [-0.15, -0.1) is 0 Å². The third kappa shape index (κ3) is 3.71. The fourth-order valence-corrected chi connectivity index (χ4v) is 4.04. The maximum atomic E-state index is 13.5. The predicted molar refractivity (Wildman–Crippen MR) is 125 cm³/mol. The van der Waals surface area contributed by atoms with Gasteiger partial charge in [-0.25, -0.2) is 4.90 Å². The topological polar surface area (TPSA) is 49.4 Å². The lowest BCUT2D eigenvalue weighted by atomic mass is 10.0. The Kier molecular flexibility index (Phi) is 5.17. The van der Waals surface area contributed by atoms with E-state index < -0.39 is 23.6 Å². The summed E-state index contributed by atoms with van der Waals surface area (Å²) in [4.78, 5) is 27.8. The van der Waals surface area contributed by atoms with Crippen molar-refractivity contribution in [2.75, 3.05) is 10.2 Å². The molecule has 1 heterocycles. The third-order valence-electron chi connectivity index (χ3n) is 5.63. The van der Waals surface area contributed by atoms with E-state index in [1.807, 2.05) is 36.4 Å². The second-order valence-corrected chi connectivity index (χ2v) is 7.76. The van der Waals surface area contributed by atoms with Crippen LogP contribution >= 0.6 is 0 Å². The van der Waals surface area contributed by atoms with Crippen LogP contribution in [0.3, 0.4) is 0 Å². The number of alkyl halides is 3. The van der Waals surface area contributed by atoms with Crippen LogP contribution in [0.15, 0.2) is 103 Å². The number of carbonyl (C=O) groups is 2. The molecular weight excluding hydrogens is 441 g/mol. The van der Waals surface area contributed by atoms with Gasteiger partial charge in [-0.2, -0.15) is 13.2 Å². The van der Waals surface area contributed by atoms with Gasteiger partial charge in [0.05, 0.1) is 16.8 Å². The standard InChI is InChI=1S/C27H17F3N2O2/c28-27(29,30)19-12-7-13-20(16-19)32-25(33)23(18-9-2-1-3-10-18)24(26(32)34)31-22-15-6-11-17-8-4-5-14-21(17)22/h1-16,31H. The molecule has 168 valence electrons. The van der Waals surface area contributed by atoms with Gasteiger partial charge in [-0.1, -0.05) is 72.8 Å². The van der Waals surface area contributed by atoms with Crippen molar-refractivity contribution in [3.05, 3.63) is 114 Å². The molecule has 4 nitrogen and oxygen atoms in total. The molecule has 2 amide bonds. The number of hydrogen-bond donors (Lipinski definition) is 1. The minimum absolute atomic E-state index is 0.00460. The molecule has 4 aromatic carbocycles. The van der Waals surface area contributed by atoms with Crippen molar-refractivity contribution in [3.8, 4) is 0 Å². The van der Waals surface area contributed by atoms with Crippen molar-refractivity contribution in [2.24, 2.45) is 0 Å². The number of nitrogens with one attached hydrogen (secondary N) is 1. The molecule has 0 fully saturated rings. The number of hydrogen-bond acceptors (Lipinski definition) is 3. The van der Waals surface area contributed by atoms with E-state index in [0.29, 0.717) is 11.3 Å². The number of fused-ring (bicyclic) bond motifs is 1. The largest absolute Gasteiger partial charge is 0.416 e. The molecule has 0 saturated heterocycles. The Balaban J connectivity index is 1.64. The molecule has 4 aromatic rings. The first-order chi connectivity index (χ1) is 16.3. The van der Waals surface area contributed by atoms with E-state index in [-0.39, 0.29) is 17.0 Å². The van der Waals surface area contributed by atoms with Crippen LogP contribution in [0.1, 0.15) is 11.1 Å². The zero-order chi connectivity index (χ0) is 23.9. The van der Waals surface area contributed by atoms with Crippen molar-refractivity contribution < 1.29 is 22.8 Å². The summed E-state index contributed by atoms with van der Waals surface area (Å²) in [6.45, 7) is 0. The molecule has 1 aliphatic heterocycles. The highest BCUT2D eigenvalue weighted by atomic mass is 19.4. The number of amides is 2. The molecule has 7 heteroatoms. The normalized spacial score (nSPS) is 14.3. The first-order valence-corrected chi connectivity index (χ1v) is 10.4. The zero-order valence-corrected chi connectivity index (χ0v) is 17.6. The first-order valence-electron chi connectivity index (χ1n) is 10.4. The number of imide groups is 1. The Morgan fingerprint density at radius 2 is 1.38 bits per heavy atom. The number of rotatable bonds is 4. The van der Waals surface area contributed by atoms with E-state index in [4.69, 9.17) is 0 Å². The predicted octanol–water partition coefficient (Wildman–Crippen LogP) is 6.26. The SMILES string of the molecule is O=C1C(Nc2cccc3ccccc23)=C(c2ccccc2)C(=O)N1c1cccc(C(F)(F)F)c1. The van der Waals surface area contributed by atoms with E-state index in [0.717, 1.165) is 27.8 Å². The summed E-state index contributed by atoms with van der Waals surface area (Å²) >= 11 is 0. The van der Waals surface area contributed by atoms with Crippen LogP contribution in [-0.4, -0.2) is 11.8 Å². The lowest BCUT2D eigenvalue weighted by Crippen LogP contribution is -2.32. The molecule has 0 bridgehead atoms. The van der Waals surface area contributed by atoms with Gasteiger partial charge in [0.2, 0.25) is 0 Å². The first kappa shape index (κ1) is 21.5. The Bertz CT molecular complexity index is 1450. The smallest absolute Gasteiger partial charge is 0.350 e. The summed E-state index contributed by atoms with van der Waals surface area (Å²) in [5.74, 6) is -1.42. The van der Waals surface area contributed by atoms with Crippen LogP contribution in [0.5, 0.6) is 0 Å². The van der Waals surface area contributed by atoms with Crippen molar-refractivity contribution >= 4 is 39.5 Å². The molecule has 0 spiro atoms. The van der Waals surface area contributed by atoms with Crippen LogP contribution in [0.25, 0.3) is 16.3 Å². The van der Waals surface area contributed by atoms with E-state index in [1.54, 1.807) is 36.4 Å². The molecule has 0 aliphatic carbocycles. The van der Waals surface area contributed by atoms with E-state index in [2.05, 4.69) is 5.32 Å². The van der Waals surface area contributed by atoms with Crippen LogP contribution < -0.4 is 10.2 Å². The minimum atomic E-state index is -4.61. The van der Waals surface area contributed by atoms with E-state index in [1.165, 1.54) is 12.1 Å². The second-order valence-electron chi connectivity index (χ2n) is 7.76. The number of benzene rings is 4. The molecule has 34 heavy (non-hydrogen) atoms. The highest BCUT2D eigenvalue weighted by molar-refractivity contribution is 6.46. The number of nitrogens with zero attached hydrogens (tertiary/aromatic N) is 1. The zero-order valence-electron chi connectivity index (χ0n) is 17.6. The van der Waals surface area contributed by atoms with Gasteiger partial charge in [-0.3, -0.25) is 9.59 Å². The summed E-state index contributed by atoms with van der Waals surface area (Å²) in [6, 6.07) is 25.8. The van der Waals surface area contributed by atoms with Gasteiger partial charge in [0, 0.05) is 11.1 Å². The van der Waals surface area contributed by atoms with Gasteiger partial charge in [0.15, 0.2) is 0 Å². The van der Waals surface area contributed by atoms with Crippen molar-refractivity contribution in [1.29, 1.82) is 0 Å². The van der Waals surface area contributed by atoms with Crippen LogP contribution in [0.4, 0.5) is 24.5 Å². The third-order valence-corrected chi connectivity index (χ3v) is 5.63. The molecule has 1 N–H and O–H groups in total. The van der Waals surface area contributed by atoms with Crippen LogP contribution in [-0.2, 0) is 15.8 Å². The Hall–Kier alpha value is -4.39. The highest BCUT2D eigenvalue weighted by Gasteiger charge is 2.41. The molecule has 0 unspecified atom stereocenters. The van der Waals surface area contributed by atoms with E-state index in [9.17, 15) is 22.8 Å². The quantitative estimate of drug-likeness (QED) is 0.368. The van der Waals surface area contributed by atoms with Crippen LogP contribution in [0.2, 0.25) is 0 Å². The molecule has 0 saturated carbocycles. The average Bonchev–Trinajstić information content (AvgIpc) is 3.08. The maximum Gasteiger partial charge on any atom is 0.416 e. The van der Waals surface area contributed by atoms with Gasteiger partial charge in [0.25, 0.3) is 11.8 Å². The van der Waals surface area contributed by atoms with Gasteiger partial charge in [0.1, 0.15) is 5.70 Å². The van der Waals surface area contributed by atoms with Gasteiger partial charge in [-0.05, 0) is 35.2 Å². The molecule has 0 atom stereocenters. The monoisotopic (exact) mass is 458 g/mol. The van der Waals surface area contributed by atoms with Crippen LogP contribution in [0, 0.1) is 0 Å². The lowest BCUT2D eigenvalue weighted by molar-refractivity contribution is -0.137. The summed E-state index contributed by atoms with van der Waals surface area (Å²) in [7, 11) is 0. The second kappa shape index (κ2) is 8.19. The maximum absolute atomic E-state index is 13.5. The fourth-order valence-electron chi connectivity index (χ4n) is 4.04.